The first-order valence-corrected chi connectivity index (χ1v) is 9.22. The summed E-state index contributed by atoms with van der Waals surface area (Å²) in [6.07, 6.45) is 0.00476. The Morgan fingerprint density at radius 1 is 1.11 bits per heavy atom. The average Bonchev–Trinajstić information content (AvgIpc) is 2.64. The van der Waals surface area contributed by atoms with Gasteiger partial charge in [-0.2, -0.15) is 0 Å². The summed E-state index contributed by atoms with van der Waals surface area (Å²) < 4.78 is 10.3. The van der Waals surface area contributed by atoms with Crippen molar-refractivity contribution in [3.63, 3.8) is 0 Å². The molecule has 27 heavy (non-hydrogen) atoms. The lowest BCUT2D eigenvalue weighted by Gasteiger charge is -2.19. The molecule has 144 valence electrons. The first kappa shape index (κ1) is 21.1. The third-order valence-corrected chi connectivity index (χ3v) is 4.61. The minimum atomic E-state index is -0.562. The minimum Gasteiger partial charge on any atom is -0.497 e. The summed E-state index contributed by atoms with van der Waals surface area (Å²) in [6.45, 7) is 2.00. The van der Waals surface area contributed by atoms with Crippen molar-refractivity contribution in [1.82, 2.24) is 5.32 Å². The summed E-state index contributed by atoms with van der Waals surface area (Å²) >= 11 is 12.3. The van der Waals surface area contributed by atoms with Crippen LogP contribution in [0.2, 0.25) is 10.0 Å². The van der Waals surface area contributed by atoms with Crippen LogP contribution in [0.4, 0.5) is 0 Å². The van der Waals surface area contributed by atoms with Crippen molar-refractivity contribution in [2.24, 2.45) is 0 Å². The highest BCUT2D eigenvalue weighted by Crippen LogP contribution is 2.26. The number of nitrogens with one attached hydrogen (secondary N) is 1. The number of hydrogen-bond acceptors (Lipinski definition) is 4. The van der Waals surface area contributed by atoms with E-state index in [1.54, 1.807) is 50.4 Å². The smallest absolute Gasteiger partial charge is 0.308 e. The van der Waals surface area contributed by atoms with Crippen LogP contribution >= 0.6 is 23.2 Å². The fourth-order valence-electron chi connectivity index (χ4n) is 2.60. The highest BCUT2D eigenvalue weighted by atomic mass is 35.5. The lowest BCUT2D eigenvalue weighted by Crippen LogP contribution is -2.32. The van der Waals surface area contributed by atoms with Gasteiger partial charge in [-0.15, -0.1) is 0 Å². The van der Waals surface area contributed by atoms with Gasteiger partial charge in [0, 0.05) is 10.0 Å². The van der Waals surface area contributed by atoms with E-state index in [1.807, 2.05) is 6.07 Å². The molecular formula is C20H21Cl2NO4. The number of ether oxygens (including phenoxy) is 2. The maximum Gasteiger partial charge on any atom is 0.308 e. The molecule has 0 aliphatic carbocycles. The van der Waals surface area contributed by atoms with E-state index in [2.05, 4.69) is 5.32 Å². The molecule has 0 bridgehead atoms. The molecule has 0 fully saturated rings. The SMILES string of the molecule is CCOC(=O)CC(NC(=O)Cc1c(Cl)cccc1Cl)c1cccc(OC)c1. The fraction of sp³-hybridized carbons (Fsp3) is 0.300. The van der Waals surface area contributed by atoms with Crippen molar-refractivity contribution in [3.05, 3.63) is 63.6 Å². The molecule has 0 aliphatic rings. The van der Waals surface area contributed by atoms with Gasteiger partial charge in [0.15, 0.2) is 0 Å². The molecule has 2 aromatic carbocycles. The third-order valence-electron chi connectivity index (χ3n) is 3.91. The van der Waals surface area contributed by atoms with Crippen LogP contribution in [0.5, 0.6) is 5.75 Å². The second kappa shape index (κ2) is 10.2. The van der Waals surface area contributed by atoms with Gasteiger partial charge in [0.05, 0.1) is 32.6 Å². The number of amides is 1. The predicted octanol–water partition coefficient (Wildman–Crippen LogP) is 4.36. The molecule has 1 unspecified atom stereocenters. The summed E-state index contributed by atoms with van der Waals surface area (Å²) in [7, 11) is 1.55. The summed E-state index contributed by atoms with van der Waals surface area (Å²) in [4.78, 5) is 24.6. The van der Waals surface area contributed by atoms with E-state index >= 15 is 0 Å². The standard InChI is InChI=1S/C20H21Cl2NO4/c1-3-27-20(25)12-18(13-6-4-7-14(10-13)26-2)23-19(24)11-15-16(21)8-5-9-17(15)22/h4-10,18H,3,11-12H2,1-2H3,(H,23,24). The van der Waals surface area contributed by atoms with Crippen LogP contribution in [-0.4, -0.2) is 25.6 Å². The number of benzene rings is 2. The number of rotatable bonds is 8. The first-order chi connectivity index (χ1) is 12.9. The van der Waals surface area contributed by atoms with Crippen LogP contribution in [0.25, 0.3) is 0 Å². The van der Waals surface area contributed by atoms with E-state index in [9.17, 15) is 9.59 Å². The van der Waals surface area contributed by atoms with Gasteiger partial charge < -0.3 is 14.8 Å². The fourth-order valence-corrected chi connectivity index (χ4v) is 3.14. The number of hydrogen-bond donors (Lipinski definition) is 1. The number of esters is 1. The molecule has 1 amide bonds. The Bertz CT molecular complexity index is 790. The first-order valence-electron chi connectivity index (χ1n) is 8.46. The monoisotopic (exact) mass is 409 g/mol. The van der Waals surface area contributed by atoms with E-state index < -0.39 is 12.0 Å². The molecule has 0 radical (unpaired) electrons. The molecule has 0 spiro atoms. The van der Waals surface area contributed by atoms with E-state index in [-0.39, 0.29) is 25.4 Å². The molecule has 2 rings (SSSR count). The summed E-state index contributed by atoms with van der Waals surface area (Å²) in [5, 5.41) is 3.70. The summed E-state index contributed by atoms with van der Waals surface area (Å²) in [5.74, 6) is -0.0757. The molecule has 2 aromatic rings. The zero-order chi connectivity index (χ0) is 19.8. The lowest BCUT2D eigenvalue weighted by molar-refractivity contribution is -0.143. The van der Waals surface area contributed by atoms with Crippen LogP contribution in [-0.2, 0) is 20.7 Å². The predicted molar refractivity (Wildman–Crippen MR) is 105 cm³/mol. The maximum atomic E-state index is 12.6. The highest BCUT2D eigenvalue weighted by molar-refractivity contribution is 6.36. The van der Waals surface area contributed by atoms with Gasteiger partial charge >= 0.3 is 5.97 Å². The Hall–Kier alpha value is -2.24. The van der Waals surface area contributed by atoms with Crippen LogP contribution in [0.1, 0.15) is 30.5 Å². The minimum absolute atomic E-state index is 0.00179. The van der Waals surface area contributed by atoms with Gasteiger partial charge in [-0.3, -0.25) is 9.59 Å². The molecule has 0 aromatic heterocycles. The zero-order valence-electron chi connectivity index (χ0n) is 15.1. The third kappa shape index (κ3) is 6.15. The second-order valence-corrected chi connectivity index (χ2v) is 6.60. The van der Waals surface area contributed by atoms with E-state index in [4.69, 9.17) is 32.7 Å². The Morgan fingerprint density at radius 2 is 1.78 bits per heavy atom. The van der Waals surface area contributed by atoms with Gasteiger partial charge in [0.2, 0.25) is 5.91 Å². The number of halogens is 2. The van der Waals surface area contributed by atoms with Crippen molar-refractivity contribution in [1.29, 1.82) is 0 Å². The Balaban J connectivity index is 2.19. The number of carbonyl (C=O) groups excluding carboxylic acids is 2. The van der Waals surface area contributed by atoms with Crippen molar-refractivity contribution >= 4 is 35.1 Å². The normalized spacial score (nSPS) is 11.6. The largest absolute Gasteiger partial charge is 0.497 e. The molecular weight excluding hydrogens is 389 g/mol. The second-order valence-electron chi connectivity index (χ2n) is 5.78. The summed E-state index contributed by atoms with van der Waals surface area (Å²) in [6, 6.07) is 11.7. The molecule has 7 heteroatoms. The van der Waals surface area contributed by atoms with Crippen molar-refractivity contribution in [3.8, 4) is 5.75 Å². The quantitative estimate of drug-likeness (QED) is 0.657. The Morgan fingerprint density at radius 3 is 2.41 bits per heavy atom. The zero-order valence-corrected chi connectivity index (χ0v) is 16.6. The molecule has 1 N–H and O–H groups in total. The van der Waals surface area contributed by atoms with Gasteiger partial charge in [0.1, 0.15) is 5.75 Å². The van der Waals surface area contributed by atoms with E-state index in [1.165, 1.54) is 0 Å². The molecule has 0 saturated carbocycles. The molecule has 0 aliphatic heterocycles. The molecule has 0 saturated heterocycles. The number of carbonyl (C=O) groups is 2. The Kier molecular flexibility index (Phi) is 7.95. The lowest BCUT2D eigenvalue weighted by atomic mass is 10.0. The van der Waals surface area contributed by atoms with Crippen molar-refractivity contribution in [2.75, 3.05) is 13.7 Å². The van der Waals surface area contributed by atoms with Crippen LogP contribution in [0.3, 0.4) is 0 Å². The summed E-state index contributed by atoms with van der Waals surface area (Å²) in [5.41, 5.74) is 1.28. The molecule has 1 atom stereocenters. The van der Waals surface area contributed by atoms with Crippen molar-refractivity contribution < 1.29 is 19.1 Å². The van der Waals surface area contributed by atoms with Crippen LogP contribution in [0.15, 0.2) is 42.5 Å². The highest BCUT2D eigenvalue weighted by Gasteiger charge is 2.21. The van der Waals surface area contributed by atoms with E-state index in [0.29, 0.717) is 21.4 Å². The van der Waals surface area contributed by atoms with Crippen LogP contribution < -0.4 is 10.1 Å². The maximum absolute atomic E-state index is 12.6. The van der Waals surface area contributed by atoms with Gasteiger partial charge in [-0.1, -0.05) is 41.4 Å². The van der Waals surface area contributed by atoms with Crippen molar-refractivity contribution in [2.45, 2.75) is 25.8 Å². The van der Waals surface area contributed by atoms with Gasteiger partial charge in [-0.05, 0) is 42.3 Å². The average molecular weight is 410 g/mol. The number of methoxy groups -OCH3 is 1. The van der Waals surface area contributed by atoms with Crippen LogP contribution in [0, 0.1) is 0 Å². The van der Waals surface area contributed by atoms with E-state index in [0.717, 1.165) is 5.56 Å². The Labute approximate surface area is 168 Å². The van der Waals surface area contributed by atoms with Gasteiger partial charge in [-0.25, -0.2) is 0 Å². The van der Waals surface area contributed by atoms with Gasteiger partial charge in [0.25, 0.3) is 0 Å². The topological polar surface area (TPSA) is 64.6 Å². The molecule has 5 nitrogen and oxygen atoms in total. The molecule has 0 heterocycles.